The van der Waals surface area contributed by atoms with Gasteiger partial charge in [0.15, 0.2) is 0 Å². The lowest BCUT2D eigenvalue weighted by atomic mass is 10.1. The first-order chi connectivity index (χ1) is 11.8. The fourth-order valence-corrected chi connectivity index (χ4v) is 3.98. The molecule has 5 nitrogen and oxygen atoms in total. The number of anilines is 1. The molecule has 0 spiro atoms. The molecule has 0 radical (unpaired) electrons. The van der Waals surface area contributed by atoms with Gasteiger partial charge in [0.05, 0.1) is 18.0 Å². The van der Waals surface area contributed by atoms with Crippen LogP contribution in [0.25, 0.3) is 0 Å². The van der Waals surface area contributed by atoms with Crippen LogP contribution in [0.3, 0.4) is 0 Å². The average molecular weight is 360 g/mol. The Bertz CT molecular complexity index is 792. The van der Waals surface area contributed by atoms with Gasteiger partial charge in [0.1, 0.15) is 6.04 Å². The first kappa shape index (κ1) is 19.0. The molecule has 0 bridgehead atoms. The van der Waals surface area contributed by atoms with E-state index in [0.717, 1.165) is 11.8 Å². The van der Waals surface area contributed by atoms with Gasteiger partial charge >= 0.3 is 0 Å². The van der Waals surface area contributed by atoms with Gasteiger partial charge in [-0.3, -0.25) is 9.10 Å². The molecular weight excluding hydrogens is 336 g/mol. The summed E-state index contributed by atoms with van der Waals surface area (Å²) in [5.41, 5.74) is 1.45. The van der Waals surface area contributed by atoms with Gasteiger partial charge in [-0.15, -0.1) is 0 Å². The van der Waals surface area contributed by atoms with Crippen LogP contribution in [-0.4, -0.2) is 26.6 Å². The minimum Gasteiger partial charge on any atom is -0.348 e. The van der Waals surface area contributed by atoms with E-state index >= 15 is 0 Å². The Morgan fingerprint density at radius 3 is 2.04 bits per heavy atom. The number of nitrogens with zero attached hydrogens (tertiary/aromatic N) is 1. The van der Waals surface area contributed by atoms with Gasteiger partial charge in [0, 0.05) is 0 Å². The third-order valence-electron chi connectivity index (χ3n) is 4.00. The number of para-hydroxylation sites is 1. The summed E-state index contributed by atoms with van der Waals surface area (Å²) in [6, 6.07) is 17.3. The number of hydrogen-bond acceptors (Lipinski definition) is 3. The van der Waals surface area contributed by atoms with Crippen LogP contribution in [0, 0.1) is 0 Å². The molecule has 2 aromatic carbocycles. The third kappa shape index (κ3) is 4.82. The van der Waals surface area contributed by atoms with Gasteiger partial charge in [-0.25, -0.2) is 8.42 Å². The molecule has 0 aromatic heterocycles. The molecular formula is C19H24N2O3S. The zero-order valence-corrected chi connectivity index (χ0v) is 15.5. The molecule has 134 valence electrons. The van der Waals surface area contributed by atoms with Crippen molar-refractivity contribution in [2.75, 3.05) is 10.6 Å². The summed E-state index contributed by atoms with van der Waals surface area (Å²) in [7, 11) is -3.60. The lowest BCUT2D eigenvalue weighted by molar-refractivity contribution is -0.122. The maximum atomic E-state index is 12.8. The second kappa shape index (κ2) is 8.16. The number of carbonyl (C=O) groups is 1. The topological polar surface area (TPSA) is 66.5 Å². The number of carbonyl (C=O) groups excluding carboxylic acids is 1. The van der Waals surface area contributed by atoms with Crippen molar-refractivity contribution < 1.29 is 13.2 Å². The fraction of sp³-hybridized carbons (Fsp3) is 0.316. The lowest BCUT2D eigenvalue weighted by Gasteiger charge is -2.31. The third-order valence-corrected chi connectivity index (χ3v) is 5.18. The molecule has 0 fully saturated rings. The van der Waals surface area contributed by atoms with Crippen molar-refractivity contribution in [3.05, 3.63) is 66.2 Å². The minimum absolute atomic E-state index is 0.208. The van der Waals surface area contributed by atoms with Crippen molar-refractivity contribution in [3.8, 4) is 0 Å². The second-order valence-electron chi connectivity index (χ2n) is 5.96. The van der Waals surface area contributed by atoms with E-state index in [2.05, 4.69) is 5.32 Å². The first-order valence-electron chi connectivity index (χ1n) is 8.24. The summed E-state index contributed by atoms with van der Waals surface area (Å²) in [6.45, 7) is 3.69. The highest BCUT2D eigenvalue weighted by molar-refractivity contribution is 7.92. The number of rotatable bonds is 7. The van der Waals surface area contributed by atoms with Crippen molar-refractivity contribution in [3.63, 3.8) is 0 Å². The Morgan fingerprint density at radius 1 is 1.04 bits per heavy atom. The van der Waals surface area contributed by atoms with Crippen LogP contribution in [0.5, 0.6) is 0 Å². The maximum absolute atomic E-state index is 12.8. The van der Waals surface area contributed by atoms with Gasteiger partial charge in [-0.05, 0) is 31.0 Å². The normalized spacial score (nSPS) is 13.7. The quantitative estimate of drug-likeness (QED) is 0.825. The van der Waals surface area contributed by atoms with Gasteiger partial charge in [-0.1, -0.05) is 55.5 Å². The molecule has 25 heavy (non-hydrogen) atoms. The van der Waals surface area contributed by atoms with Crippen LogP contribution in [0.2, 0.25) is 0 Å². The Labute approximate surface area is 149 Å². The van der Waals surface area contributed by atoms with Crippen LogP contribution >= 0.6 is 0 Å². The van der Waals surface area contributed by atoms with Crippen molar-refractivity contribution in [1.82, 2.24) is 5.32 Å². The van der Waals surface area contributed by atoms with Crippen molar-refractivity contribution in [1.29, 1.82) is 0 Å². The smallest absolute Gasteiger partial charge is 0.244 e. The van der Waals surface area contributed by atoms with E-state index in [1.165, 1.54) is 4.31 Å². The predicted molar refractivity (Wildman–Crippen MR) is 101 cm³/mol. The number of nitrogens with one attached hydrogen (secondary N) is 1. The zero-order chi connectivity index (χ0) is 18.4. The lowest BCUT2D eigenvalue weighted by Crippen LogP contribution is -2.49. The molecule has 0 saturated carbocycles. The summed E-state index contributed by atoms with van der Waals surface area (Å²) in [6.07, 6.45) is 1.49. The maximum Gasteiger partial charge on any atom is 0.244 e. The molecule has 0 aliphatic rings. The van der Waals surface area contributed by atoms with E-state index in [1.807, 2.05) is 43.3 Å². The van der Waals surface area contributed by atoms with Crippen LogP contribution in [0.4, 0.5) is 5.69 Å². The molecule has 0 aliphatic carbocycles. The molecule has 2 rings (SSSR count). The monoisotopic (exact) mass is 360 g/mol. The average Bonchev–Trinajstić information content (AvgIpc) is 2.59. The number of benzene rings is 2. The summed E-state index contributed by atoms with van der Waals surface area (Å²) in [5.74, 6) is -0.312. The van der Waals surface area contributed by atoms with E-state index in [1.54, 1.807) is 31.2 Å². The molecule has 0 heterocycles. The Balaban J connectivity index is 2.27. The van der Waals surface area contributed by atoms with E-state index in [4.69, 9.17) is 0 Å². The molecule has 6 heteroatoms. The molecule has 0 aliphatic heterocycles. The number of amides is 1. The van der Waals surface area contributed by atoms with Crippen LogP contribution < -0.4 is 9.62 Å². The van der Waals surface area contributed by atoms with Crippen LogP contribution in [0.1, 0.15) is 31.9 Å². The molecule has 1 amide bonds. The molecule has 1 N–H and O–H groups in total. The van der Waals surface area contributed by atoms with Crippen LogP contribution in [0.15, 0.2) is 60.7 Å². The number of sulfonamides is 1. The predicted octanol–water partition coefficient (Wildman–Crippen LogP) is 3.11. The van der Waals surface area contributed by atoms with Crippen LogP contribution in [-0.2, 0) is 14.8 Å². The Hall–Kier alpha value is -2.34. The minimum atomic E-state index is -3.60. The highest BCUT2D eigenvalue weighted by atomic mass is 32.2. The summed E-state index contributed by atoms with van der Waals surface area (Å²) in [4.78, 5) is 12.8. The molecule has 1 unspecified atom stereocenters. The highest BCUT2D eigenvalue weighted by Gasteiger charge is 2.31. The molecule has 2 aromatic rings. The largest absolute Gasteiger partial charge is 0.348 e. The Morgan fingerprint density at radius 2 is 1.56 bits per heavy atom. The van der Waals surface area contributed by atoms with Gasteiger partial charge < -0.3 is 5.32 Å². The second-order valence-corrected chi connectivity index (χ2v) is 7.82. The number of hydrogen-bond donors (Lipinski definition) is 1. The van der Waals surface area contributed by atoms with Crippen molar-refractivity contribution >= 4 is 21.6 Å². The SMILES string of the molecule is CCC(C(=O)N[C@H](C)c1ccccc1)N(c1ccccc1)S(C)(=O)=O. The first-order valence-corrected chi connectivity index (χ1v) is 10.1. The van der Waals surface area contributed by atoms with Crippen molar-refractivity contribution in [2.24, 2.45) is 0 Å². The van der Waals surface area contributed by atoms with Gasteiger partial charge in [-0.2, -0.15) is 0 Å². The summed E-state index contributed by atoms with van der Waals surface area (Å²) < 4.78 is 25.9. The fourth-order valence-electron chi connectivity index (χ4n) is 2.77. The van der Waals surface area contributed by atoms with E-state index in [9.17, 15) is 13.2 Å². The standard InChI is InChI=1S/C19H24N2O3S/c1-4-18(19(22)20-15(2)16-11-7-5-8-12-16)21(25(3,23)24)17-13-9-6-10-14-17/h5-15,18H,4H2,1-3H3,(H,20,22)/t15-,18?/m1/s1. The molecule has 0 saturated heterocycles. The van der Waals surface area contributed by atoms with Crippen molar-refractivity contribution in [2.45, 2.75) is 32.4 Å². The van der Waals surface area contributed by atoms with E-state index in [-0.39, 0.29) is 11.9 Å². The highest BCUT2D eigenvalue weighted by Crippen LogP contribution is 2.22. The summed E-state index contributed by atoms with van der Waals surface area (Å²) in [5, 5.41) is 2.92. The van der Waals surface area contributed by atoms with E-state index in [0.29, 0.717) is 12.1 Å². The van der Waals surface area contributed by atoms with E-state index < -0.39 is 16.1 Å². The molecule has 2 atom stereocenters. The van der Waals surface area contributed by atoms with Gasteiger partial charge in [0.25, 0.3) is 0 Å². The van der Waals surface area contributed by atoms with Gasteiger partial charge in [0.2, 0.25) is 15.9 Å². The Kier molecular flexibility index (Phi) is 6.20. The summed E-state index contributed by atoms with van der Waals surface area (Å²) >= 11 is 0. The zero-order valence-electron chi connectivity index (χ0n) is 14.7.